The van der Waals surface area contributed by atoms with E-state index >= 15 is 0 Å². The van der Waals surface area contributed by atoms with E-state index in [9.17, 15) is 9.59 Å². The van der Waals surface area contributed by atoms with Crippen molar-refractivity contribution in [2.75, 3.05) is 20.3 Å². The smallest absolute Gasteiger partial charge is 0.414 e. The van der Waals surface area contributed by atoms with Gasteiger partial charge >= 0.3 is 12.1 Å². The van der Waals surface area contributed by atoms with Gasteiger partial charge in [0.05, 0.1) is 26.4 Å². The first kappa shape index (κ1) is 22.2. The molecule has 2 aromatic carbocycles. The van der Waals surface area contributed by atoms with Crippen LogP contribution in [0.1, 0.15) is 43.5 Å². The molecule has 7 heteroatoms. The second kappa shape index (κ2) is 10.0. The van der Waals surface area contributed by atoms with E-state index in [1.165, 1.54) is 14.0 Å². The molecule has 1 atom stereocenters. The Morgan fingerprint density at radius 2 is 1.87 bits per heavy atom. The van der Waals surface area contributed by atoms with E-state index in [2.05, 4.69) is 0 Å². The third-order valence-electron chi connectivity index (χ3n) is 4.85. The van der Waals surface area contributed by atoms with Crippen LogP contribution in [0.15, 0.2) is 42.6 Å². The summed E-state index contributed by atoms with van der Waals surface area (Å²) in [5, 5.41) is 0. The van der Waals surface area contributed by atoms with Gasteiger partial charge in [-0.3, -0.25) is 9.69 Å². The van der Waals surface area contributed by atoms with E-state index in [0.29, 0.717) is 24.5 Å². The molecule has 1 aliphatic heterocycles. The average molecular weight is 425 g/mol. The van der Waals surface area contributed by atoms with E-state index in [1.54, 1.807) is 36.2 Å². The number of ether oxygens (including phenoxy) is 4. The van der Waals surface area contributed by atoms with Gasteiger partial charge in [-0.15, -0.1) is 0 Å². The molecule has 2 aromatic rings. The number of esters is 1. The topological polar surface area (TPSA) is 74.3 Å². The Bertz CT molecular complexity index is 984. The molecule has 1 unspecified atom stereocenters. The molecule has 1 heterocycles. The Morgan fingerprint density at radius 3 is 2.55 bits per heavy atom. The summed E-state index contributed by atoms with van der Waals surface area (Å²) >= 11 is 0. The number of rotatable bonds is 7. The fraction of sp³-hybridized carbons (Fsp3) is 0.333. The largest absolute Gasteiger partial charge is 0.494 e. The number of fused-ring (bicyclic) bond motifs is 1. The monoisotopic (exact) mass is 425 g/mol. The van der Waals surface area contributed by atoms with Gasteiger partial charge in [0.15, 0.2) is 11.5 Å². The van der Waals surface area contributed by atoms with Crippen LogP contribution in [0.25, 0.3) is 6.08 Å². The Kier molecular flexibility index (Phi) is 7.18. The highest BCUT2D eigenvalue weighted by atomic mass is 16.6. The average Bonchev–Trinajstić information content (AvgIpc) is 2.73. The first-order chi connectivity index (χ1) is 15.0. The van der Waals surface area contributed by atoms with E-state index in [-0.39, 0.29) is 12.6 Å². The summed E-state index contributed by atoms with van der Waals surface area (Å²) in [5.74, 6) is 1.09. The van der Waals surface area contributed by atoms with Crippen molar-refractivity contribution in [3.05, 3.63) is 59.3 Å². The van der Waals surface area contributed by atoms with Gasteiger partial charge < -0.3 is 18.9 Å². The Morgan fingerprint density at radius 1 is 1.06 bits per heavy atom. The van der Waals surface area contributed by atoms with Gasteiger partial charge in [-0.2, -0.15) is 0 Å². The van der Waals surface area contributed by atoms with Crippen LogP contribution in [0.2, 0.25) is 0 Å². The number of methoxy groups -OCH3 is 1. The maximum absolute atomic E-state index is 12.7. The minimum atomic E-state index is -0.435. The summed E-state index contributed by atoms with van der Waals surface area (Å²) in [5.41, 5.74) is 2.71. The Labute approximate surface area is 182 Å². The quantitative estimate of drug-likeness (QED) is 0.471. The van der Waals surface area contributed by atoms with Gasteiger partial charge in [-0.25, -0.2) is 4.79 Å². The highest BCUT2D eigenvalue weighted by Crippen LogP contribution is 2.40. The molecule has 0 bridgehead atoms. The van der Waals surface area contributed by atoms with Gasteiger partial charge in [0, 0.05) is 13.1 Å². The van der Waals surface area contributed by atoms with Crippen molar-refractivity contribution in [1.29, 1.82) is 0 Å². The molecule has 0 aromatic heterocycles. The molecule has 31 heavy (non-hydrogen) atoms. The molecule has 1 aliphatic rings. The summed E-state index contributed by atoms with van der Waals surface area (Å²) < 4.78 is 21.6. The molecule has 7 nitrogen and oxygen atoms in total. The number of hydrogen-bond donors (Lipinski definition) is 0. The second-order valence-corrected chi connectivity index (χ2v) is 6.95. The normalized spacial score (nSPS) is 14.6. The molecule has 0 radical (unpaired) electrons. The zero-order valence-corrected chi connectivity index (χ0v) is 18.2. The highest BCUT2D eigenvalue weighted by Gasteiger charge is 2.31. The first-order valence-corrected chi connectivity index (χ1v) is 10.2. The second-order valence-electron chi connectivity index (χ2n) is 6.95. The van der Waals surface area contributed by atoms with Crippen LogP contribution in [0.5, 0.6) is 17.2 Å². The van der Waals surface area contributed by atoms with Crippen molar-refractivity contribution < 1.29 is 28.5 Å². The summed E-state index contributed by atoms with van der Waals surface area (Å²) in [4.78, 5) is 25.7. The summed E-state index contributed by atoms with van der Waals surface area (Å²) in [6.45, 7) is 5.89. The van der Waals surface area contributed by atoms with Crippen LogP contribution < -0.4 is 14.2 Å². The van der Waals surface area contributed by atoms with Crippen LogP contribution in [-0.4, -0.2) is 37.3 Å². The Hall–Kier alpha value is -3.48. The van der Waals surface area contributed by atoms with Gasteiger partial charge in [-0.1, -0.05) is 12.1 Å². The van der Waals surface area contributed by atoms with Gasteiger partial charge in [0.25, 0.3) is 0 Å². The molecule has 164 valence electrons. The molecule has 3 rings (SSSR count). The molecule has 0 N–H and O–H groups in total. The maximum Gasteiger partial charge on any atom is 0.414 e. The lowest BCUT2D eigenvalue weighted by Gasteiger charge is -2.33. The van der Waals surface area contributed by atoms with E-state index in [0.717, 1.165) is 22.4 Å². The lowest BCUT2D eigenvalue weighted by atomic mass is 9.91. The van der Waals surface area contributed by atoms with Crippen LogP contribution >= 0.6 is 0 Å². The third kappa shape index (κ3) is 5.17. The molecule has 0 spiro atoms. The van der Waals surface area contributed by atoms with Gasteiger partial charge in [0.1, 0.15) is 5.75 Å². The minimum Gasteiger partial charge on any atom is -0.494 e. The number of hydrogen-bond acceptors (Lipinski definition) is 6. The van der Waals surface area contributed by atoms with Crippen molar-refractivity contribution in [1.82, 2.24) is 4.90 Å². The van der Waals surface area contributed by atoms with Crippen LogP contribution in [-0.2, 0) is 16.0 Å². The van der Waals surface area contributed by atoms with Crippen molar-refractivity contribution in [3.63, 3.8) is 0 Å². The summed E-state index contributed by atoms with van der Waals surface area (Å²) in [7, 11) is 1.51. The lowest BCUT2D eigenvalue weighted by Crippen LogP contribution is -2.34. The standard InChI is InChI=1S/C24H27NO6/c1-5-29-19-9-7-8-17(12-19)13-21-20-15-22(28-4)23(31-16(3)26)14-18(20)10-11-25(21)24(27)30-6-2/h7-12,14-15,21H,5-6,13H2,1-4H3. The lowest BCUT2D eigenvalue weighted by molar-refractivity contribution is -0.132. The SMILES string of the molecule is CCOC(=O)N1C=Cc2cc(OC(C)=O)c(OC)cc2C1Cc1cccc(OCC)c1. The summed E-state index contributed by atoms with van der Waals surface area (Å²) in [6, 6.07) is 11.0. The van der Waals surface area contributed by atoms with Crippen molar-refractivity contribution in [2.24, 2.45) is 0 Å². The Balaban J connectivity index is 2.04. The fourth-order valence-electron chi connectivity index (χ4n) is 3.58. The number of carbonyl (C=O) groups is 2. The van der Waals surface area contributed by atoms with Gasteiger partial charge in [0.2, 0.25) is 0 Å². The first-order valence-electron chi connectivity index (χ1n) is 10.2. The zero-order valence-electron chi connectivity index (χ0n) is 18.2. The van der Waals surface area contributed by atoms with Crippen molar-refractivity contribution in [3.8, 4) is 17.2 Å². The predicted molar refractivity (Wildman–Crippen MR) is 116 cm³/mol. The van der Waals surface area contributed by atoms with Gasteiger partial charge in [-0.05, 0) is 67.3 Å². The summed E-state index contributed by atoms with van der Waals surface area (Å²) in [6.07, 6.45) is 3.60. The van der Waals surface area contributed by atoms with Crippen LogP contribution in [0.3, 0.4) is 0 Å². The van der Waals surface area contributed by atoms with E-state index in [1.807, 2.05) is 31.2 Å². The predicted octanol–water partition coefficient (Wildman–Crippen LogP) is 4.75. The van der Waals surface area contributed by atoms with Crippen LogP contribution in [0, 0.1) is 0 Å². The third-order valence-corrected chi connectivity index (χ3v) is 4.85. The van der Waals surface area contributed by atoms with Crippen LogP contribution in [0.4, 0.5) is 4.79 Å². The van der Waals surface area contributed by atoms with E-state index in [4.69, 9.17) is 18.9 Å². The zero-order chi connectivity index (χ0) is 22.4. The highest BCUT2D eigenvalue weighted by molar-refractivity contribution is 5.76. The molecular weight excluding hydrogens is 398 g/mol. The van der Waals surface area contributed by atoms with E-state index < -0.39 is 12.1 Å². The fourth-order valence-corrected chi connectivity index (χ4v) is 3.58. The number of carbonyl (C=O) groups excluding carboxylic acids is 2. The molecule has 0 saturated heterocycles. The molecular formula is C24H27NO6. The molecule has 0 saturated carbocycles. The molecule has 0 fully saturated rings. The molecule has 1 amide bonds. The van der Waals surface area contributed by atoms with Crippen molar-refractivity contribution >= 4 is 18.1 Å². The minimum absolute atomic E-state index is 0.275. The molecule has 0 aliphatic carbocycles. The number of benzene rings is 2. The number of amides is 1. The maximum atomic E-state index is 12.7. The van der Waals surface area contributed by atoms with Crippen molar-refractivity contribution in [2.45, 2.75) is 33.2 Å². The number of nitrogens with zero attached hydrogens (tertiary/aromatic N) is 1.